The van der Waals surface area contributed by atoms with Crippen LogP contribution in [-0.4, -0.2) is 6.61 Å². The first-order valence-corrected chi connectivity index (χ1v) is 5.18. The fourth-order valence-electron chi connectivity index (χ4n) is 1.64. The van der Waals surface area contributed by atoms with Crippen LogP contribution in [0.5, 0.6) is 0 Å². The van der Waals surface area contributed by atoms with Crippen molar-refractivity contribution in [1.29, 1.82) is 0 Å². The molecule has 1 rings (SSSR count). The van der Waals surface area contributed by atoms with Crippen molar-refractivity contribution in [3.8, 4) is 0 Å². The van der Waals surface area contributed by atoms with Gasteiger partial charge in [-0.2, -0.15) is 13.2 Å². The third-order valence-electron chi connectivity index (χ3n) is 2.77. The minimum Gasteiger partial charge on any atom is -0.304 e. The lowest BCUT2D eigenvalue weighted by molar-refractivity contribution is -0.138. The monoisotopic (exact) mass is 247 g/mol. The van der Waals surface area contributed by atoms with Gasteiger partial charge in [-0.1, -0.05) is 26.0 Å². The van der Waals surface area contributed by atoms with Gasteiger partial charge >= 0.3 is 6.18 Å². The summed E-state index contributed by atoms with van der Waals surface area (Å²) in [5, 5.41) is 0. The maximum Gasteiger partial charge on any atom is 0.416 e. The highest BCUT2D eigenvalue weighted by Crippen LogP contribution is 2.35. The van der Waals surface area contributed by atoms with Crippen LogP contribution in [-0.2, 0) is 16.4 Å². The van der Waals surface area contributed by atoms with Crippen LogP contribution in [0, 0.1) is 6.92 Å². The molecule has 0 saturated carbocycles. The molecular weight excluding hydrogens is 231 g/mol. The summed E-state index contributed by atoms with van der Waals surface area (Å²) in [6, 6.07) is 4.30. The molecule has 17 heavy (non-hydrogen) atoms. The van der Waals surface area contributed by atoms with E-state index in [1.807, 2.05) is 0 Å². The Morgan fingerprint density at radius 3 is 2.29 bits per heavy atom. The zero-order valence-electron chi connectivity index (χ0n) is 10.1. The molecule has 0 fully saturated rings. The second kappa shape index (κ2) is 4.66. The fraction of sp³-hybridized carbons (Fsp3) is 0.500. The van der Waals surface area contributed by atoms with Crippen molar-refractivity contribution < 1.29 is 18.0 Å². The molecule has 1 aromatic carbocycles. The van der Waals surface area contributed by atoms with Crippen LogP contribution in [0.2, 0.25) is 0 Å². The van der Waals surface area contributed by atoms with Crippen LogP contribution in [0.1, 0.15) is 30.5 Å². The first-order valence-electron chi connectivity index (χ1n) is 5.18. The highest BCUT2D eigenvalue weighted by molar-refractivity contribution is 5.36. The molecule has 0 aliphatic heterocycles. The molecule has 0 aliphatic rings. The summed E-state index contributed by atoms with van der Waals surface area (Å²) >= 11 is 0. The number of nitrogens with two attached hydrogens (primary N) is 1. The molecule has 5 heteroatoms. The molecule has 2 N–H and O–H groups in total. The van der Waals surface area contributed by atoms with Gasteiger partial charge in [0.2, 0.25) is 0 Å². The van der Waals surface area contributed by atoms with Gasteiger partial charge < -0.3 is 4.84 Å². The van der Waals surface area contributed by atoms with Crippen LogP contribution in [0.3, 0.4) is 0 Å². The average Bonchev–Trinajstić information content (AvgIpc) is 2.15. The van der Waals surface area contributed by atoms with Crippen molar-refractivity contribution in [2.24, 2.45) is 5.90 Å². The molecule has 1 aromatic rings. The summed E-state index contributed by atoms with van der Waals surface area (Å²) in [5.41, 5.74) is -0.394. The van der Waals surface area contributed by atoms with E-state index in [2.05, 4.69) is 4.84 Å². The van der Waals surface area contributed by atoms with E-state index in [1.165, 1.54) is 13.0 Å². The van der Waals surface area contributed by atoms with E-state index in [1.54, 1.807) is 19.9 Å². The number of alkyl halides is 3. The van der Waals surface area contributed by atoms with Crippen LogP contribution < -0.4 is 5.90 Å². The summed E-state index contributed by atoms with van der Waals surface area (Å²) in [7, 11) is 0. The van der Waals surface area contributed by atoms with Crippen LogP contribution in [0.15, 0.2) is 18.2 Å². The standard InChI is InChI=1S/C12H16F3NO/c1-8-4-5-9(11(2,3)7-17-16)6-10(8)12(13,14)15/h4-6H,7,16H2,1-3H3. The Labute approximate surface area is 98.5 Å². The van der Waals surface area contributed by atoms with E-state index in [9.17, 15) is 13.2 Å². The Morgan fingerprint density at radius 1 is 1.24 bits per heavy atom. The topological polar surface area (TPSA) is 35.2 Å². The van der Waals surface area contributed by atoms with Crippen molar-refractivity contribution in [1.82, 2.24) is 0 Å². The van der Waals surface area contributed by atoms with E-state index in [-0.39, 0.29) is 12.2 Å². The van der Waals surface area contributed by atoms with E-state index < -0.39 is 17.2 Å². The lowest BCUT2D eigenvalue weighted by Gasteiger charge is -2.25. The second-order valence-corrected chi connectivity index (χ2v) is 4.72. The number of hydrogen-bond donors (Lipinski definition) is 1. The molecule has 0 bridgehead atoms. The number of benzene rings is 1. The summed E-state index contributed by atoms with van der Waals surface area (Å²) < 4.78 is 38.2. The SMILES string of the molecule is Cc1ccc(C(C)(C)CON)cc1C(F)(F)F. The van der Waals surface area contributed by atoms with E-state index in [0.717, 1.165) is 6.07 Å². The lowest BCUT2D eigenvalue weighted by Crippen LogP contribution is -2.26. The predicted octanol–water partition coefficient (Wildman–Crippen LogP) is 3.18. The molecule has 0 unspecified atom stereocenters. The molecular formula is C12H16F3NO. The fourth-order valence-corrected chi connectivity index (χ4v) is 1.64. The summed E-state index contributed by atoms with van der Waals surface area (Å²) in [5.74, 6) is 4.98. The Hall–Kier alpha value is -1.07. The van der Waals surface area contributed by atoms with Crippen LogP contribution >= 0.6 is 0 Å². The largest absolute Gasteiger partial charge is 0.416 e. The average molecular weight is 247 g/mol. The molecule has 0 aromatic heterocycles. The van der Waals surface area contributed by atoms with Gasteiger partial charge in [0.15, 0.2) is 0 Å². The normalized spacial score (nSPS) is 12.9. The number of halogens is 3. The minimum atomic E-state index is -4.33. The predicted molar refractivity (Wildman–Crippen MR) is 59.3 cm³/mol. The zero-order valence-corrected chi connectivity index (χ0v) is 10.1. The van der Waals surface area contributed by atoms with E-state index in [4.69, 9.17) is 5.90 Å². The molecule has 96 valence electrons. The van der Waals surface area contributed by atoms with Gasteiger partial charge in [-0.15, -0.1) is 0 Å². The minimum absolute atomic E-state index is 0.160. The van der Waals surface area contributed by atoms with E-state index >= 15 is 0 Å². The maximum absolute atomic E-state index is 12.7. The number of aryl methyl sites for hydroxylation is 1. The third-order valence-corrected chi connectivity index (χ3v) is 2.77. The molecule has 0 aliphatic carbocycles. The van der Waals surface area contributed by atoms with Crippen molar-refractivity contribution in [3.63, 3.8) is 0 Å². The van der Waals surface area contributed by atoms with Crippen molar-refractivity contribution >= 4 is 0 Å². The quantitative estimate of drug-likeness (QED) is 0.832. The molecule has 0 heterocycles. The Kier molecular flexibility index (Phi) is 3.84. The maximum atomic E-state index is 12.7. The Bertz CT molecular complexity index is 399. The third kappa shape index (κ3) is 3.20. The molecule has 0 radical (unpaired) electrons. The van der Waals surface area contributed by atoms with E-state index in [0.29, 0.717) is 5.56 Å². The highest BCUT2D eigenvalue weighted by Gasteiger charge is 2.34. The lowest BCUT2D eigenvalue weighted by atomic mass is 9.84. The number of hydrogen-bond acceptors (Lipinski definition) is 2. The second-order valence-electron chi connectivity index (χ2n) is 4.72. The van der Waals surface area contributed by atoms with Crippen molar-refractivity contribution in [3.05, 3.63) is 34.9 Å². The molecule has 0 saturated heterocycles. The van der Waals surface area contributed by atoms with Gasteiger partial charge in [0.25, 0.3) is 0 Å². The molecule has 0 atom stereocenters. The highest BCUT2D eigenvalue weighted by atomic mass is 19.4. The number of rotatable bonds is 3. The smallest absolute Gasteiger partial charge is 0.304 e. The summed E-state index contributed by atoms with van der Waals surface area (Å²) in [6.07, 6.45) is -4.33. The molecule has 2 nitrogen and oxygen atoms in total. The Balaban J connectivity index is 3.22. The first kappa shape index (κ1) is 14.0. The van der Waals surface area contributed by atoms with Gasteiger partial charge in [0.05, 0.1) is 12.2 Å². The summed E-state index contributed by atoms with van der Waals surface area (Å²) in [4.78, 5) is 4.54. The summed E-state index contributed by atoms with van der Waals surface area (Å²) in [6.45, 7) is 5.17. The van der Waals surface area contributed by atoms with Crippen molar-refractivity contribution in [2.75, 3.05) is 6.61 Å². The van der Waals surface area contributed by atoms with Crippen LogP contribution in [0.25, 0.3) is 0 Å². The van der Waals surface area contributed by atoms with Crippen molar-refractivity contribution in [2.45, 2.75) is 32.4 Å². The molecule has 0 spiro atoms. The molecule has 0 amide bonds. The van der Waals surface area contributed by atoms with Gasteiger partial charge in [0, 0.05) is 5.41 Å². The van der Waals surface area contributed by atoms with Gasteiger partial charge in [0.1, 0.15) is 0 Å². The van der Waals surface area contributed by atoms with Gasteiger partial charge in [-0.3, -0.25) is 0 Å². The van der Waals surface area contributed by atoms with Gasteiger partial charge in [-0.05, 0) is 24.1 Å². The zero-order chi connectivity index (χ0) is 13.3. The van der Waals surface area contributed by atoms with Crippen LogP contribution in [0.4, 0.5) is 13.2 Å². The first-order chi connectivity index (χ1) is 7.68. The van der Waals surface area contributed by atoms with Gasteiger partial charge in [-0.25, -0.2) is 5.90 Å². The Morgan fingerprint density at radius 2 is 1.82 bits per heavy atom.